The third kappa shape index (κ3) is 6.61. The number of aromatic nitrogens is 1. The molecule has 0 unspecified atom stereocenters. The summed E-state index contributed by atoms with van der Waals surface area (Å²) in [6.07, 6.45) is 1.90. The maximum absolute atomic E-state index is 16.8. The Morgan fingerprint density at radius 1 is 0.318 bits per heavy atom. The molecule has 3 heterocycles. The van der Waals surface area contributed by atoms with Gasteiger partial charge in [0.1, 0.15) is 0 Å². The van der Waals surface area contributed by atoms with Crippen LogP contribution < -0.4 is 15.9 Å². The molecule has 88 heavy (non-hydrogen) atoms. The molecule has 0 saturated carbocycles. The highest BCUT2D eigenvalue weighted by Crippen LogP contribution is 2.68. The first-order valence-corrected chi connectivity index (χ1v) is 33.5. The molecule has 3 aromatic heterocycles. The normalized spacial score (nSPS) is 13.9. The number of nitrogens with zero attached hydrogens (tertiary/aromatic N) is 1. The molecule has 2 nitrogen and oxygen atoms in total. The maximum Gasteiger partial charge on any atom is 0.171 e. The molecule has 0 fully saturated rings. The lowest BCUT2D eigenvalue weighted by Crippen LogP contribution is -2.29. The van der Waals surface area contributed by atoms with E-state index < -0.39 is 12.6 Å². The zero-order chi connectivity index (χ0) is 57.9. The van der Waals surface area contributed by atoms with Gasteiger partial charge in [-0.1, -0.05) is 261 Å². The number of fused-ring (bicyclic) bond motifs is 27. The molecule has 4 aliphatic carbocycles. The molecule has 0 saturated heterocycles. The Morgan fingerprint density at radius 3 is 1.35 bits per heavy atom. The van der Waals surface area contributed by atoms with Crippen LogP contribution in [0.5, 0.6) is 0 Å². The summed E-state index contributed by atoms with van der Waals surface area (Å²) in [5.41, 5.74) is 21.0. The summed E-state index contributed by atoms with van der Waals surface area (Å²) < 4.78 is 19.4. The fraction of sp³-hybridized carbons (Fsp3) is 0.0241. The molecular weight excluding hydrogens is 1120 g/mol. The minimum absolute atomic E-state index is 0.342. The number of para-hydroxylation sites is 1. The van der Waals surface area contributed by atoms with Gasteiger partial charge in [0.25, 0.3) is 0 Å². The SMILES string of the molecule is O=P(c1ccc2ccccc2c1)(c1ccc2ccccc2c1)c1cccc2c1-c1sc3ccccc3c1C21c2ccccc2-c2ccccc21.c1ccc2c(c1)-c1ccccc1C21c2cc(-c3cccc4cccnc34)ccc2-c2sc3ccccc3c21. The van der Waals surface area contributed by atoms with Crippen molar-refractivity contribution in [3.8, 4) is 54.3 Å². The van der Waals surface area contributed by atoms with E-state index in [1.807, 2.05) is 34.9 Å². The van der Waals surface area contributed by atoms with E-state index in [2.05, 4.69) is 291 Å². The number of rotatable bonds is 4. The Balaban J connectivity index is 0.000000132. The molecule has 0 amide bonds. The van der Waals surface area contributed by atoms with Crippen molar-refractivity contribution in [2.45, 2.75) is 10.8 Å². The highest BCUT2D eigenvalue weighted by molar-refractivity contribution is 7.85. The van der Waals surface area contributed by atoms with Gasteiger partial charge in [0.2, 0.25) is 0 Å². The second-order valence-corrected chi connectivity index (χ2v) is 28.6. The zero-order valence-corrected chi connectivity index (χ0v) is 50.0. The zero-order valence-electron chi connectivity index (χ0n) is 47.5. The fourth-order valence-corrected chi connectivity index (χ4v) is 21.8. The summed E-state index contributed by atoms with van der Waals surface area (Å²) in [6.45, 7) is 0. The minimum Gasteiger partial charge on any atom is -0.309 e. The molecule has 410 valence electrons. The first-order valence-electron chi connectivity index (χ1n) is 30.2. The highest BCUT2D eigenvalue weighted by Gasteiger charge is 2.56. The summed E-state index contributed by atoms with van der Waals surface area (Å²) in [6, 6.07) is 108. The Morgan fingerprint density at radius 2 is 0.761 bits per heavy atom. The van der Waals surface area contributed by atoms with Gasteiger partial charge in [-0.2, -0.15) is 0 Å². The molecule has 0 atom stereocenters. The molecular formula is C83H50NOPS2. The van der Waals surface area contributed by atoms with Gasteiger partial charge in [-0.3, -0.25) is 4.98 Å². The van der Waals surface area contributed by atoms with Crippen LogP contribution in [0.4, 0.5) is 0 Å². The van der Waals surface area contributed by atoms with Crippen molar-refractivity contribution < 1.29 is 4.57 Å². The van der Waals surface area contributed by atoms with Crippen molar-refractivity contribution in [2.24, 2.45) is 0 Å². The Kier molecular flexibility index (Phi) is 10.7. The summed E-state index contributed by atoms with van der Waals surface area (Å²) in [5, 5.41) is 10.9. The highest BCUT2D eigenvalue weighted by atomic mass is 32.1. The molecule has 5 heteroatoms. The maximum atomic E-state index is 16.8. The van der Waals surface area contributed by atoms with Gasteiger partial charge in [0.05, 0.1) is 16.3 Å². The van der Waals surface area contributed by atoms with Crippen molar-refractivity contribution in [3.63, 3.8) is 0 Å². The summed E-state index contributed by atoms with van der Waals surface area (Å²) >= 11 is 3.77. The largest absolute Gasteiger partial charge is 0.309 e. The molecule has 4 aliphatic rings. The van der Waals surface area contributed by atoms with E-state index in [9.17, 15) is 0 Å². The molecule has 0 bridgehead atoms. The number of thiophene rings is 2. The Bertz CT molecular complexity index is 5550. The van der Waals surface area contributed by atoms with Crippen LogP contribution >= 0.6 is 29.8 Å². The van der Waals surface area contributed by atoms with Crippen molar-refractivity contribution >= 4 is 98.3 Å². The third-order valence-electron chi connectivity index (χ3n) is 19.7. The van der Waals surface area contributed by atoms with E-state index in [1.165, 1.54) is 119 Å². The second-order valence-electron chi connectivity index (χ2n) is 23.8. The monoisotopic (exact) mass is 1170 g/mol. The fourth-order valence-electron chi connectivity index (χ4n) is 16.1. The van der Waals surface area contributed by atoms with Gasteiger partial charge in [-0.25, -0.2) is 0 Å². The third-order valence-corrected chi connectivity index (χ3v) is 25.1. The Hall–Kier alpha value is -10.1. The van der Waals surface area contributed by atoms with Crippen LogP contribution in [0.3, 0.4) is 0 Å². The van der Waals surface area contributed by atoms with Crippen LogP contribution in [-0.2, 0) is 15.4 Å². The van der Waals surface area contributed by atoms with Gasteiger partial charge in [-0.15, -0.1) is 22.7 Å². The number of hydrogen-bond donors (Lipinski definition) is 0. The van der Waals surface area contributed by atoms with E-state index in [4.69, 9.17) is 4.98 Å². The lowest BCUT2D eigenvalue weighted by molar-refractivity contribution is 0.592. The van der Waals surface area contributed by atoms with Crippen LogP contribution in [0.1, 0.15) is 44.5 Å². The van der Waals surface area contributed by atoms with E-state index in [1.54, 1.807) is 0 Å². The van der Waals surface area contributed by atoms with Crippen molar-refractivity contribution in [1.29, 1.82) is 0 Å². The standard InChI is InChI=1S/C47H29OPS.C36H21NS/c48-49(34-26-24-30-12-1-3-14-32(30)28-34,35-27-25-31-13-2-4-15-33(31)29-35)42-22-11-21-41-44(42)46-45(38-18-7-10-23-43(38)50-46)47(41)39-19-8-5-16-36(39)37-17-6-9-20-40(37)47;1-4-15-29-25(11-1)26-12-2-5-16-30(26)36(29)31-21-23(24-14-7-9-22-10-8-20-37-34(22)24)18-19-27(31)35-33(36)28-13-3-6-17-32(28)38-35/h1-29H;1-21H. The van der Waals surface area contributed by atoms with Gasteiger partial charge < -0.3 is 4.57 Å². The molecule has 2 spiro atoms. The molecule has 0 aliphatic heterocycles. The topological polar surface area (TPSA) is 30.0 Å². The predicted molar refractivity (Wildman–Crippen MR) is 371 cm³/mol. The summed E-state index contributed by atoms with van der Waals surface area (Å²) in [4.78, 5) is 7.41. The number of pyridine rings is 1. The van der Waals surface area contributed by atoms with Crippen LogP contribution in [-0.4, -0.2) is 4.98 Å². The lowest BCUT2D eigenvalue weighted by Gasteiger charge is -2.31. The van der Waals surface area contributed by atoms with Crippen LogP contribution in [0.2, 0.25) is 0 Å². The van der Waals surface area contributed by atoms with Crippen LogP contribution in [0, 0.1) is 0 Å². The quantitative estimate of drug-likeness (QED) is 0.164. The summed E-state index contributed by atoms with van der Waals surface area (Å²) in [5.74, 6) is 0. The van der Waals surface area contributed by atoms with E-state index in [0.29, 0.717) is 0 Å². The molecule has 0 radical (unpaired) electrons. The van der Waals surface area contributed by atoms with Gasteiger partial charge in [-0.05, 0) is 147 Å². The van der Waals surface area contributed by atoms with Crippen LogP contribution in [0.15, 0.2) is 303 Å². The average Bonchev–Trinajstić information content (AvgIpc) is 1.51. The number of benzene rings is 13. The number of hydrogen-bond acceptors (Lipinski definition) is 4. The van der Waals surface area contributed by atoms with Crippen LogP contribution in [0.25, 0.3) is 107 Å². The minimum atomic E-state index is -3.44. The lowest BCUT2D eigenvalue weighted by atomic mass is 9.70. The van der Waals surface area contributed by atoms with Gasteiger partial charge in [0.15, 0.2) is 7.14 Å². The predicted octanol–water partition coefficient (Wildman–Crippen LogP) is 20.7. The van der Waals surface area contributed by atoms with Crippen molar-refractivity contribution in [3.05, 3.63) is 348 Å². The molecule has 0 N–H and O–H groups in total. The smallest absolute Gasteiger partial charge is 0.171 e. The second kappa shape index (κ2) is 18.7. The Labute approximate surface area is 517 Å². The van der Waals surface area contributed by atoms with E-state index in [-0.39, 0.29) is 5.41 Å². The first kappa shape index (κ1) is 50.1. The van der Waals surface area contributed by atoms with Gasteiger partial charge >= 0.3 is 0 Å². The summed E-state index contributed by atoms with van der Waals surface area (Å²) in [7, 11) is -3.44. The van der Waals surface area contributed by atoms with Gasteiger partial charge in [0, 0.05) is 57.8 Å². The molecule has 13 aromatic carbocycles. The molecule has 16 aromatic rings. The van der Waals surface area contributed by atoms with E-state index >= 15 is 4.57 Å². The average molecular weight is 1170 g/mol. The molecule has 20 rings (SSSR count). The first-order chi connectivity index (χ1) is 43.5. The van der Waals surface area contributed by atoms with Crippen molar-refractivity contribution in [1.82, 2.24) is 4.98 Å². The van der Waals surface area contributed by atoms with E-state index in [0.717, 1.165) is 48.5 Å². The van der Waals surface area contributed by atoms with Crippen molar-refractivity contribution in [2.75, 3.05) is 0 Å².